The standard InChI is InChI=1S/C13H22N6O/c1-8(13(20)15-2)7-19(3)11-6-10(18-14)16-12(17-11)9-4-5-9/h6,8-9H,4-5,7,14H2,1-3H3,(H,15,20)(H,16,17,18). The van der Waals surface area contributed by atoms with Gasteiger partial charge in [0.1, 0.15) is 17.5 Å². The van der Waals surface area contributed by atoms with Gasteiger partial charge >= 0.3 is 0 Å². The van der Waals surface area contributed by atoms with Gasteiger partial charge in [0.15, 0.2) is 0 Å². The van der Waals surface area contributed by atoms with Crippen LogP contribution >= 0.6 is 0 Å². The van der Waals surface area contributed by atoms with Gasteiger partial charge in [-0.05, 0) is 12.8 Å². The third-order valence-corrected chi connectivity index (χ3v) is 3.45. The van der Waals surface area contributed by atoms with Crippen molar-refractivity contribution in [2.45, 2.75) is 25.7 Å². The van der Waals surface area contributed by atoms with Crippen molar-refractivity contribution in [1.29, 1.82) is 0 Å². The SMILES string of the molecule is CNC(=O)C(C)CN(C)c1cc(NN)nc(C2CC2)n1. The number of rotatable bonds is 6. The molecule has 0 bridgehead atoms. The summed E-state index contributed by atoms with van der Waals surface area (Å²) in [5.41, 5.74) is 2.58. The molecule has 1 saturated carbocycles. The lowest BCUT2D eigenvalue weighted by molar-refractivity contribution is -0.123. The first-order valence-electron chi connectivity index (χ1n) is 6.83. The number of hydrogen-bond donors (Lipinski definition) is 3. The van der Waals surface area contributed by atoms with Crippen molar-refractivity contribution in [3.63, 3.8) is 0 Å². The summed E-state index contributed by atoms with van der Waals surface area (Å²) in [6, 6.07) is 1.79. The quantitative estimate of drug-likeness (QED) is 0.517. The molecule has 7 heteroatoms. The van der Waals surface area contributed by atoms with Crippen LogP contribution < -0.4 is 21.5 Å². The Morgan fingerprint density at radius 3 is 2.80 bits per heavy atom. The molecule has 1 amide bonds. The Morgan fingerprint density at radius 1 is 1.55 bits per heavy atom. The van der Waals surface area contributed by atoms with Gasteiger partial charge in [-0.3, -0.25) is 4.79 Å². The van der Waals surface area contributed by atoms with Crippen molar-refractivity contribution in [3.05, 3.63) is 11.9 Å². The Morgan fingerprint density at radius 2 is 2.25 bits per heavy atom. The molecular formula is C13H22N6O. The maximum atomic E-state index is 11.6. The van der Waals surface area contributed by atoms with Crippen LogP contribution in [0.3, 0.4) is 0 Å². The molecule has 4 N–H and O–H groups in total. The number of hydrazine groups is 1. The minimum absolute atomic E-state index is 0.0190. The lowest BCUT2D eigenvalue weighted by Gasteiger charge is -2.22. The van der Waals surface area contributed by atoms with Crippen LogP contribution in [0.15, 0.2) is 6.07 Å². The predicted molar refractivity (Wildman–Crippen MR) is 78.3 cm³/mol. The summed E-state index contributed by atoms with van der Waals surface area (Å²) < 4.78 is 0. The summed E-state index contributed by atoms with van der Waals surface area (Å²) in [4.78, 5) is 22.5. The number of hydrogen-bond acceptors (Lipinski definition) is 6. The number of nitrogen functional groups attached to an aromatic ring is 1. The Balaban J connectivity index is 2.13. The van der Waals surface area contributed by atoms with E-state index < -0.39 is 0 Å². The topological polar surface area (TPSA) is 96.2 Å². The van der Waals surface area contributed by atoms with Crippen molar-refractivity contribution in [2.75, 3.05) is 31.0 Å². The number of amides is 1. The molecule has 110 valence electrons. The van der Waals surface area contributed by atoms with Crippen molar-refractivity contribution >= 4 is 17.5 Å². The molecule has 20 heavy (non-hydrogen) atoms. The van der Waals surface area contributed by atoms with Crippen LogP contribution in [-0.4, -0.2) is 36.5 Å². The van der Waals surface area contributed by atoms with Crippen LogP contribution in [0.5, 0.6) is 0 Å². The molecule has 1 aliphatic carbocycles. The van der Waals surface area contributed by atoms with Crippen molar-refractivity contribution in [1.82, 2.24) is 15.3 Å². The average Bonchev–Trinajstić information content (AvgIpc) is 3.30. The predicted octanol–water partition coefficient (Wildman–Crippen LogP) is 0.458. The zero-order valence-corrected chi connectivity index (χ0v) is 12.2. The van der Waals surface area contributed by atoms with Gasteiger partial charge in [0.05, 0.1) is 5.92 Å². The van der Waals surface area contributed by atoms with Crippen LogP contribution in [-0.2, 0) is 4.79 Å². The molecule has 0 aliphatic heterocycles. The van der Waals surface area contributed by atoms with E-state index in [4.69, 9.17) is 5.84 Å². The number of carbonyl (C=O) groups excluding carboxylic acids is 1. The molecule has 1 aromatic heterocycles. The Bertz CT molecular complexity index is 488. The first-order valence-corrected chi connectivity index (χ1v) is 6.83. The largest absolute Gasteiger partial charge is 0.359 e. The first-order chi connectivity index (χ1) is 9.55. The van der Waals surface area contributed by atoms with Gasteiger partial charge in [-0.1, -0.05) is 6.92 Å². The van der Waals surface area contributed by atoms with Gasteiger partial charge in [-0.25, -0.2) is 15.8 Å². The second-order valence-corrected chi connectivity index (χ2v) is 5.28. The van der Waals surface area contributed by atoms with Crippen LogP contribution in [0, 0.1) is 5.92 Å². The third-order valence-electron chi connectivity index (χ3n) is 3.45. The highest BCUT2D eigenvalue weighted by atomic mass is 16.1. The van der Waals surface area contributed by atoms with E-state index in [9.17, 15) is 4.79 Å². The third kappa shape index (κ3) is 3.36. The zero-order valence-electron chi connectivity index (χ0n) is 12.2. The van der Waals surface area contributed by atoms with Crippen molar-refractivity contribution < 1.29 is 4.79 Å². The highest BCUT2D eigenvalue weighted by Gasteiger charge is 2.28. The molecule has 0 radical (unpaired) electrons. The van der Waals surface area contributed by atoms with Gasteiger partial charge in [0.2, 0.25) is 5.91 Å². The monoisotopic (exact) mass is 278 g/mol. The summed E-state index contributed by atoms with van der Waals surface area (Å²) in [7, 11) is 3.56. The van der Waals surface area contributed by atoms with Crippen LogP contribution in [0.2, 0.25) is 0 Å². The van der Waals surface area contributed by atoms with E-state index in [2.05, 4.69) is 20.7 Å². The van der Waals surface area contributed by atoms with E-state index in [1.54, 1.807) is 13.1 Å². The average molecular weight is 278 g/mol. The number of anilines is 2. The maximum absolute atomic E-state index is 11.6. The molecule has 7 nitrogen and oxygen atoms in total. The summed E-state index contributed by atoms with van der Waals surface area (Å²) in [6.45, 7) is 2.48. The molecule has 0 spiro atoms. The molecule has 0 saturated heterocycles. The fraction of sp³-hybridized carbons (Fsp3) is 0.615. The molecule has 2 rings (SSSR count). The summed E-state index contributed by atoms with van der Waals surface area (Å²) in [6.07, 6.45) is 2.26. The lowest BCUT2D eigenvalue weighted by Crippen LogP contribution is -2.34. The number of nitrogens with zero attached hydrogens (tertiary/aromatic N) is 3. The van der Waals surface area contributed by atoms with Gasteiger partial charge in [0.25, 0.3) is 0 Å². The van der Waals surface area contributed by atoms with E-state index in [0.29, 0.717) is 18.3 Å². The second kappa shape index (κ2) is 6.04. The van der Waals surface area contributed by atoms with Crippen molar-refractivity contribution in [3.8, 4) is 0 Å². The lowest BCUT2D eigenvalue weighted by atomic mass is 10.1. The summed E-state index contributed by atoms with van der Waals surface area (Å²) in [5.74, 6) is 8.03. The molecule has 1 aromatic rings. The maximum Gasteiger partial charge on any atom is 0.224 e. The van der Waals surface area contributed by atoms with E-state index >= 15 is 0 Å². The number of aromatic nitrogens is 2. The molecule has 1 aliphatic rings. The highest BCUT2D eigenvalue weighted by molar-refractivity contribution is 5.78. The minimum atomic E-state index is -0.112. The summed E-state index contributed by atoms with van der Waals surface area (Å²) >= 11 is 0. The van der Waals surface area contributed by atoms with Gasteiger partial charge in [-0.15, -0.1) is 0 Å². The zero-order chi connectivity index (χ0) is 14.7. The Labute approximate surface area is 118 Å². The molecule has 1 atom stereocenters. The van der Waals surface area contributed by atoms with E-state index in [-0.39, 0.29) is 11.8 Å². The molecule has 1 fully saturated rings. The van der Waals surface area contributed by atoms with Gasteiger partial charge in [-0.2, -0.15) is 0 Å². The normalized spacial score (nSPS) is 15.6. The Hall–Kier alpha value is -1.89. The minimum Gasteiger partial charge on any atom is -0.359 e. The smallest absolute Gasteiger partial charge is 0.224 e. The molecule has 1 unspecified atom stereocenters. The summed E-state index contributed by atoms with van der Waals surface area (Å²) in [5, 5.41) is 2.65. The molecular weight excluding hydrogens is 256 g/mol. The fourth-order valence-electron chi connectivity index (χ4n) is 2.08. The Kier molecular flexibility index (Phi) is 4.39. The fourth-order valence-corrected chi connectivity index (χ4v) is 2.08. The molecule has 1 heterocycles. The van der Waals surface area contributed by atoms with Crippen LogP contribution in [0.4, 0.5) is 11.6 Å². The van der Waals surface area contributed by atoms with E-state index in [1.807, 2.05) is 18.9 Å². The second-order valence-electron chi connectivity index (χ2n) is 5.28. The van der Waals surface area contributed by atoms with Crippen LogP contribution in [0.25, 0.3) is 0 Å². The van der Waals surface area contributed by atoms with E-state index in [1.165, 1.54) is 0 Å². The highest BCUT2D eigenvalue weighted by Crippen LogP contribution is 2.39. The first kappa shape index (κ1) is 14.5. The van der Waals surface area contributed by atoms with Crippen molar-refractivity contribution in [2.24, 2.45) is 11.8 Å². The van der Waals surface area contributed by atoms with E-state index in [0.717, 1.165) is 24.5 Å². The molecule has 0 aromatic carbocycles. The van der Waals surface area contributed by atoms with Crippen LogP contribution in [0.1, 0.15) is 31.5 Å². The van der Waals surface area contributed by atoms with Gasteiger partial charge in [0, 0.05) is 32.6 Å². The number of carbonyl (C=O) groups is 1. The number of nitrogens with one attached hydrogen (secondary N) is 2. The number of nitrogens with two attached hydrogens (primary N) is 1. The van der Waals surface area contributed by atoms with Gasteiger partial charge < -0.3 is 15.6 Å².